The number of hydrogen-bond donors (Lipinski definition) is 2. The van der Waals surface area contributed by atoms with Crippen LogP contribution in [0.5, 0.6) is 0 Å². The van der Waals surface area contributed by atoms with Gasteiger partial charge in [-0.3, -0.25) is 5.01 Å². The Bertz CT molecular complexity index is 1690. The van der Waals surface area contributed by atoms with Crippen LogP contribution in [-0.4, -0.2) is 63.6 Å². The van der Waals surface area contributed by atoms with E-state index in [2.05, 4.69) is 27.6 Å². The fourth-order valence-electron chi connectivity index (χ4n) is 5.13. The van der Waals surface area contributed by atoms with Crippen LogP contribution in [-0.2, 0) is 11.8 Å². The van der Waals surface area contributed by atoms with Gasteiger partial charge in [-0.15, -0.1) is 0 Å². The first kappa shape index (κ1) is 25.7. The topological polar surface area (TPSA) is 100 Å². The number of anilines is 3. The van der Waals surface area contributed by atoms with Crippen molar-refractivity contribution in [2.75, 3.05) is 48.5 Å². The monoisotopic (exact) mass is 536 g/mol. The number of aromatic nitrogens is 4. The first-order chi connectivity index (χ1) is 19.5. The fraction of sp³-hybridized carbons (Fsp3) is 0.267. The molecule has 2 N–H and O–H groups in total. The number of nitrogens with zero attached hydrogens (tertiary/aromatic N) is 6. The van der Waals surface area contributed by atoms with Crippen molar-refractivity contribution < 1.29 is 9.53 Å². The highest BCUT2D eigenvalue weighted by Gasteiger charge is 2.22. The lowest BCUT2D eigenvalue weighted by atomic mass is 10.1. The minimum Gasteiger partial charge on any atom is -0.379 e. The average Bonchev–Trinajstić information content (AvgIpc) is 3.30. The number of ether oxygens (including phenoxy) is 1. The molecule has 5 aromatic rings. The number of fused-ring (bicyclic) bond motifs is 2. The molecule has 0 atom stereocenters. The quantitative estimate of drug-likeness (QED) is 0.307. The summed E-state index contributed by atoms with van der Waals surface area (Å²) in [5, 5.41) is 18.1. The Morgan fingerprint density at radius 3 is 2.60 bits per heavy atom. The van der Waals surface area contributed by atoms with Crippen LogP contribution in [0.2, 0.25) is 0 Å². The molecule has 1 saturated heterocycles. The lowest BCUT2D eigenvalue weighted by molar-refractivity contribution is 0.0314. The Morgan fingerprint density at radius 1 is 1.02 bits per heavy atom. The van der Waals surface area contributed by atoms with E-state index < -0.39 is 0 Å². The lowest BCUT2D eigenvalue weighted by Crippen LogP contribution is -2.49. The number of urea groups is 1. The zero-order chi connectivity index (χ0) is 27.6. The van der Waals surface area contributed by atoms with Crippen LogP contribution in [0.25, 0.3) is 33.1 Å². The summed E-state index contributed by atoms with van der Waals surface area (Å²) in [6.45, 7) is 7.85. The molecule has 204 valence electrons. The molecule has 0 spiro atoms. The van der Waals surface area contributed by atoms with Gasteiger partial charge in [0.2, 0.25) is 5.95 Å². The van der Waals surface area contributed by atoms with Crippen molar-refractivity contribution in [3.63, 3.8) is 0 Å². The summed E-state index contributed by atoms with van der Waals surface area (Å²) in [6.07, 6.45) is 1.85. The SMILES string of the molecule is CCN(c1ncc2c(-c3ccc(NC(=O)Nc4ccc5ccccc5c4)c(C)c3)nn(C)c2n1)N1CCOCC1. The number of carbonyl (C=O) groups is 1. The van der Waals surface area contributed by atoms with Crippen molar-refractivity contribution >= 4 is 45.2 Å². The van der Waals surface area contributed by atoms with Crippen molar-refractivity contribution in [3.05, 3.63) is 72.4 Å². The van der Waals surface area contributed by atoms with Gasteiger partial charge in [0.1, 0.15) is 5.69 Å². The maximum absolute atomic E-state index is 12.8. The van der Waals surface area contributed by atoms with E-state index >= 15 is 0 Å². The van der Waals surface area contributed by atoms with Gasteiger partial charge in [0.25, 0.3) is 0 Å². The molecule has 3 aromatic carbocycles. The minimum absolute atomic E-state index is 0.295. The average molecular weight is 537 g/mol. The standard InChI is InChI=1S/C30H32N8O2/c1-4-38(37-13-15-40-16-14-37)29-31-19-25-27(35-36(3)28(25)34-29)23-10-12-26(20(2)17-23)33-30(39)32-24-11-9-21-7-5-6-8-22(21)18-24/h5-12,17-19H,4,13-16H2,1-3H3,(H2,32,33,39). The number of amides is 2. The van der Waals surface area contributed by atoms with Gasteiger partial charge in [-0.1, -0.05) is 36.4 Å². The first-order valence-corrected chi connectivity index (χ1v) is 13.5. The Balaban J connectivity index is 1.21. The Labute approximate surface area is 232 Å². The molecule has 1 aliphatic heterocycles. The van der Waals surface area contributed by atoms with E-state index in [4.69, 9.17) is 19.8 Å². The van der Waals surface area contributed by atoms with Crippen LogP contribution in [0, 0.1) is 6.92 Å². The number of carbonyl (C=O) groups excluding carboxylic acids is 1. The second-order valence-electron chi connectivity index (χ2n) is 9.83. The smallest absolute Gasteiger partial charge is 0.323 e. The maximum atomic E-state index is 12.8. The Morgan fingerprint density at radius 2 is 1.82 bits per heavy atom. The van der Waals surface area contributed by atoms with E-state index in [1.807, 2.05) is 80.8 Å². The van der Waals surface area contributed by atoms with Gasteiger partial charge in [-0.2, -0.15) is 10.1 Å². The van der Waals surface area contributed by atoms with Gasteiger partial charge in [-0.05, 0) is 54.4 Å². The van der Waals surface area contributed by atoms with Gasteiger partial charge in [0.05, 0.1) is 18.6 Å². The van der Waals surface area contributed by atoms with Crippen LogP contribution >= 0.6 is 0 Å². The van der Waals surface area contributed by atoms with E-state index in [1.165, 1.54) is 0 Å². The number of hydrogen-bond acceptors (Lipinski definition) is 7. The summed E-state index contributed by atoms with van der Waals surface area (Å²) in [4.78, 5) is 22.3. The zero-order valence-electron chi connectivity index (χ0n) is 22.9. The third-order valence-corrected chi connectivity index (χ3v) is 7.18. The molecule has 0 radical (unpaired) electrons. The molecule has 10 heteroatoms. The van der Waals surface area contributed by atoms with Crippen LogP contribution in [0.1, 0.15) is 12.5 Å². The maximum Gasteiger partial charge on any atom is 0.323 e. The molecule has 0 saturated carbocycles. The summed E-state index contributed by atoms with van der Waals surface area (Å²) in [5.41, 5.74) is 4.88. The summed E-state index contributed by atoms with van der Waals surface area (Å²) in [7, 11) is 1.90. The second kappa shape index (κ2) is 10.9. The summed E-state index contributed by atoms with van der Waals surface area (Å²) >= 11 is 0. The molecule has 2 aromatic heterocycles. The Hall–Kier alpha value is -4.54. The number of aryl methyl sites for hydroxylation is 2. The largest absolute Gasteiger partial charge is 0.379 e. The van der Waals surface area contributed by atoms with Crippen molar-refractivity contribution in [2.24, 2.45) is 7.05 Å². The number of hydrazine groups is 1. The molecule has 40 heavy (non-hydrogen) atoms. The fourth-order valence-corrected chi connectivity index (χ4v) is 5.13. The minimum atomic E-state index is -0.295. The van der Waals surface area contributed by atoms with Crippen LogP contribution in [0.15, 0.2) is 66.9 Å². The molecular formula is C30H32N8O2. The van der Waals surface area contributed by atoms with Gasteiger partial charge >= 0.3 is 6.03 Å². The molecule has 1 fully saturated rings. The lowest BCUT2D eigenvalue weighted by Gasteiger charge is -2.36. The Kier molecular flexibility index (Phi) is 7.02. The highest BCUT2D eigenvalue weighted by molar-refractivity contribution is 6.02. The molecule has 2 amide bonds. The molecule has 0 bridgehead atoms. The normalized spacial score (nSPS) is 14.0. The first-order valence-electron chi connectivity index (χ1n) is 13.5. The highest BCUT2D eigenvalue weighted by atomic mass is 16.5. The third-order valence-electron chi connectivity index (χ3n) is 7.18. The molecule has 0 unspecified atom stereocenters. The van der Waals surface area contributed by atoms with Gasteiger partial charge in [0.15, 0.2) is 5.65 Å². The predicted molar refractivity (Wildman–Crippen MR) is 158 cm³/mol. The molecule has 10 nitrogen and oxygen atoms in total. The predicted octanol–water partition coefficient (Wildman–Crippen LogP) is 5.21. The van der Waals surface area contributed by atoms with E-state index in [1.54, 1.807) is 4.68 Å². The summed E-state index contributed by atoms with van der Waals surface area (Å²) in [6, 6.07) is 19.5. The van der Waals surface area contributed by atoms with E-state index in [9.17, 15) is 4.79 Å². The van der Waals surface area contributed by atoms with Gasteiger partial charge in [-0.25, -0.2) is 19.5 Å². The second-order valence-corrected chi connectivity index (χ2v) is 9.83. The molecular weight excluding hydrogens is 504 g/mol. The van der Waals surface area contributed by atoms with E-state index in [0.29, 0.717) is 19.2 Å². The number of benzene rings is 3. The molecule has 6 rings (SSSR count). The van der Waals surface area contributed by atoms with Crippen molar-refractivity contribution in [3.8, 4) is 11.3 Å². The van der Waals surface area contributed by atoms with Gasteiger partial charge < -0.3 is 15.4 Å². The molecule has 0 aliphatic carbocycles. The van der Waals surface area contributed by atoms with E-state index in [-0.39, 0.29) is 6.03 Å². The zero-order valence-corrected chi connectivity index (χ0v) is 22.9. The third kappa shape index (κ3) is 5.06. The van der Waals surface area contributed by atoms with Crippen LogP contribution in [0.4, 0.5) is 22.1 Å². The van der Waals surface area contributed by atoms with Crippen LogP contribution < -0.4 is 15.6 Å². The molecule has 3 heterocycles. The van der Waals surface area contributed by atoms with Gasteiger partial charge in [0, 0.05) is 49.8 Å². The van der Waals surface area contributed by atoms with Crippen LogP contribution in [0.3, 0.4) is 0 Å². The van der Waals surface area contributed by atoms with Crippen molar-refractivity contribution in [1.29, 1.82) is 0 Å². The summed E-state index contributed by atoms with van der Waals surface area (Å²) in [5.74, 6) is 0.652. The summed E-state index contributed by atoms with van der Waals surface area (Å²) < 4.78 is 7.29. The van der Waals surface area contributed by atoms with Crippen molar-refractivity contribution in [2.45, 2.75) is 13.8 Å². The highest BCUT2D eigenvalue weighted by Crippen LogP contribution is 2.30. The number of rotatable bonds is 6. The number of morpholine rings is 1. The van der Waals surface area contributed by atoms with E-state index in [0.717, 1.165) is 69.6 Å². The van der Waals surface area contributed by atoms with Crippen molar-refractivity contribution in [1.82, 2.24) is 24.8 Å². The number of nitrogens with one attached hydrogen (secondary N) is 2. The molecule has 1 aliphatic rings.